The van der Waals surface area contributed by atoms with E-state index >= 15 is 0 Å². The van der Waals surface area contributed by atoms with E-state index in [0.29, 0.717) is 11.7 Å². The Balaban J connectivity index is 1.77. The van der Waals surface area contributed by atoms with Crippen molar-refractivity contribution in [2.75, 3.05) is 0 Å². The number of Topliss-reactive ketones (excluding diaryl/α,β-unsaturated/α-hetero) is 1. The average Bonchev–Trinajstić information content (AvgIpc) is 2.70. The van der Waals surface area contributed by atoms with Gasteiger partial charge in [0.1, 0.15) is 5.78 Å². The number of benzene rings is 1. The van der Waals surface area contributed by atoms with E-state index < -0.39 is 0 Å². The van der Waals surface area contributed by atoms with E-state index in [1.165, 1.54) is 89.0 Å². The second-order valence-electron chi connectivity index (χ2n) is 9.08. The summed E-state index contributed by atoms with van der Waals surface area (Å²) in [5, 5.41) is 0. The molecule has 28 heavy (non-hydrogen) atoms. The molecule has 0 saturated carbocycles. The third-order valence-corrected chi connectivity index (χ3v) is 6.24. The van der Waals surface area contributed by atoms with Crippen molar-refractivity contribution in [3.8, 4) is 0 Å². The van der Waals surface area contributed by atoms with Crippen molar-refractivity contribution in [2.24, 2.45) is 11.8 Å². The summed E-state index contributed by atoms with van der Waals surface area (Å²) < 4.78 is 0. The smallest absolute Gasteiger partial charge is 0.135 e. The van der Waals surface area contributed by atoms with E-state index in [9.17, 15) is 4.79 Å². The molecule has 0 fully saturated rings. The number of carbonyl (C=O) groups excluding carboxylic acids is 1. The zero-order chi connectivity index (χ0) is 20.5. The van der Waals surface area contributed by atoms with Gasteiger partial charge in [-0.1, -0.05) is 122 Å². The number of hydrogen-bond acceptors (Lipinski definition) is 1. The van der Waals surface area contributed by atoms with Gasteiger partial charge >= 0.3 is 0 Å². The first-order chi connectivity index (χ1) is 13.6. The third-order valence-electron chi connectivity index (χ3n) is 6.24. The number of unbranched alkanes of at least 4 members (excludes halogenated alkanes) is 12. The zero-order valence-electron chi connectivity index (χ0n) is 19.1. The van der Waals surface area contributed by atoms with Crippen LogP contribution in [0.15, 0.2) is 30.3 Å². The molecular weight excluding hydrogens is 340 g/mol. The average molecular weight is 387 g/mol. The van der Waals surface area contributed by atoms with Crippen LogP contribution in [0.25, 0.3) is 0 Å². The van der Waals surface area contributed by atoms with Crippen molar-refractivity contribution in [3.05, 3.63) is 35.9 Å². The number of carbonyl (C=O) groups is 1. The van der Waals surface area contributed by atoms with Crippen LogP contribution in [0.3, 0.4) is 0 Å². The SMILES string of the molecule is CC(C)C(C)C(=O)CCCCCCCCCCCCCCCc1ccccc1. The molecule has 1 nitrogen and oxygen atoms in total. The predicted molar refractivity (Wildman–Crippen MR) is 124 cm³/mol. The van der Waals surface area contributed by atoms with Crippen LogP contribution in [0.1, 0.15) is 116 Å². The van der Waals surface area contributed by atoms with Crippen molar-refractivity contribution in [2.45, 2.75) is 117 Å². The van der Waals surface area contributed by atoms with Crippen molar-refractivity contribution in [1.82, 2.24) is 0 Å². The topological polar surface area (TPSA) is 17.1 Å². The maximum atomic E-state index is 12.0. The molecule has 1 unspecified atom stereocenters. The summed E-state index contributed by atoms with van der Waals surface area (Å²) in [7, 11) is 0. The van der Waals surface area contributed by atoms with Crippen molar-refractivity contribution in [1.29, 1.82) is 0 Å². The number of rotatable bonds is 18. The lowest BCUT2D eigenvalue weighted by Crippen LogP contribution is -2.16. The Kier molecular flexibility index (Phi) is 15.0. The minimum absolute atomic E-state index is 0.240. The molecule has 1 aromatic rings. The Labute approximate surface area is 175 Å². The third kappa shape index (κ3) is 13.1. The fourth-order valence-corrected chi connectivity index (χ4v) is 3.82. The van der Waals surface area contributed by atoms with Crippen LogP contribution in [0.5, 0.6) is 0 Å². The van der Waals surface area contributed by atoms with Crippen LogP contribution in [-0.4, -0.2) is 5.78 Å². The summed E-state index contributed by atoms with van der Waals surface area (Å²) in [6.07, 6.45) is 19.6. The normalized spacial score (nSPS) is 12.4. The van der Waals surface area contributed by atoms with Gasteiger partial charge in [0.05, 0.1) is 0 Å². The molecule has 1 heteroatoms. The Morgan fingerprint density at radius 2 is 1.07 bits per heavy atom. The largest absolute Gasteiger partial charge is 0.299 e. The van der Waals surface area contributed by atoms with Gasteiger partial charge in [-0.05, 0) is 30.7 Å². The minimum atomic E-state index is 0.240. The molecule has 0 saturated heterocycles. The van der Waals surface area contributed by atoms with Crippen molar-refractivity contribution < 1.29 is 4.79 Å². The van der Waals surface area contributed by atoms with Crippen LogP contribution < -0.4 is 0 Å². The molecule has 0 amide bonds. The van der Waals surface area contributed by atoms with Gasteiger partial charge in [0.25, 0.3) is 0 Å². The van der Waals surface area contributed by atoms with E-state index in [0.717, 1.165) is 12.8 Å². The maximum absolute atomic E-state index is 12.0. The molecule has 0 aliphatic heterocycles. The molecule has 0 aromatic heterocycles. The lowest BCUT2D eigenvalue weighted by Gasteiger charge is -2.13. The Morgan fingerprint density at radius 1 is 0.643 bits per heavy atom. The molecule has 1 rings (SSSR count). The standard InChI is InChI=1S/C27H46O/c1-24(2)25(3)27(28)23-19-14-12-10-8-6-4-5-7-9-11-13-16-20-26-21-17-15-18-22-26/h15,17-18,21-22,24-25H,4-14,16,19-20,23H2,1-3H3. The highest BCUT2D eigenvalue weighted by atomic mass is 16.1. The summed E-state index contributed by atoms with van der Waals surface area (Å²) in [4.78, 5) is 12.0. The lowest BCUT2D eigenvalue weighted by atomic mass is 9.91. The maximum Gasteiger partial charge on any atom is 0.135 e. The summed E-state index contributed by atoms with van der Waals surface area (Å²) in [5.74, 6) is 1.20. The summed E-state index contributed by atoms with van der Waals surface area (Å²) in [5.41, 5.74) is 1.49. The van der Waals surface area contributed by atoms with Crippen LogP contribution in [0.2, 0.25) is 0 Å². The van der Waals surface area contributed by atoms with Crippen LogP contribution in [0.4, 0.5) is 0 Å². The van der Waals surface area contributed by atoms with E-state index in [2.05, 4.69) is 51.1 Å². The van der Waals surface area contributed by atoms with Gasteiger partial charge in [-0.2, -0.15) is 0 Å². The lowest BCUT2D eigenvalue weighted by molar-refractivity contribution is -0.123. The van der Waals surface area contributed by atoms with Gasteiger partial charge in [0.2, 0.25) is 0 Å². The van der Waals surface area contributed by atoms with Gasteiger partial charge in [0, 0.05) is 12.3 Å². The van der Waals surface area contributed by atoms with E-state index in [1.807, 2.05) is 0 Å². The summed E-state index contributed by atoms with van der Waals surface area (Å²) in [6, 6.07) is 10.9. The molecule has 1 atom stereocenters. The first-order valence-electron chi connectivity index (χ1n) is 12.2. The predicted octanol–water partition coefficient (Wildman–Crippen LogP) is 8.55. The number of hydrogen-bond donors (Lipinski definition) is 0. The highest BCUT2D eigenvalue weighted by Crippen LogP contribution is 2.17. The van der Waals surface area contributed by atoms with Gasteiger partial charge in [-0.15, -0.1) is 0 Å². The van der Waals surface area contributed by atoms with E-state index in [-0.39, 0.29) is 5.92 Å². The molecule has 0 bridgehead atoms. The highest BCUT2D eigenvalue weighted by Gasteiger charge is 2.15. The summed E-state index contributed by atoms with van der Waals surface area (Å²) >= 11 is 0. The molecule has 0 heterocycles. The number of ketones is 1. The van der Waals surface area contributed by atoms with Gasteiger partial charge in [-0.25, -0.2) is 0 Å². The van der Waals surface area contributed by atoms with Crippen LogP contribution >= 0.6 is 0 Å². The van der Waals surface area contributed by atoms with Crippen LogP contribution in [0, 0.1) is 11.8 Å². The van der Waals surface area contributed by atoms with Gasteiger partial charge in [0.15, 0.2) is 0 Å². The monoisotopic (exact) mass is 386 g/mol. The second kappa shape index (κ2) is 16.8. The molecule has 0 spiro atoms. The van der Waals surface area contributed by atoms with E-state index in [1.54, 1.807) is 0 Å². The van der Waals surface area contributed by atoms with Crippen LogP contribution in [-0.2, 0) is 11.2 Å². The Bertz CT molecular complexity index is 476. The quantitative estimate of drug-likeness (QED) is 0.231. The molecule has 0 radical (unpaired) electrons. The fraction of sp³-hybridized carbons (Fsp3) is 0.741. The van der Waals surface area contributed by atoms with Gasteiger partial charge < -0.3 is 0 Å². The van der Waals surface area contributed by atoms with Gasteiger partial charge in [-0.3, -0.25) is 4.79 Å². The molecule has 0 aliphatic rings. The fourth-order valence-electron chi connectivity index (χ4n) is 3.82. The van der Waals surface area contributed by atoms with Crippen molar-refractivity contribution in [3.63, 3.8) is 0 Å². The second-order valence-corrected chi connectivity index (χ2v) is 9.08. The summed E-state index contributed by atoms with van der Waals surface area (Å²) in [6.45, 7) is 6.38. The molecular formula is C27H46O. The Hall–Kier alpha value is -1.11. The minimum Gasteiger partial charge on any atom is -0.299 e. The van der Waals surface area contributed by atoms with Crippen molar-refractivity contribution >= 4 is 5.78 Å². The number of aryl methyl sites for hydroxylation is 1. The highest BCUT2D eigenvalue weighted by molar-refractivity contribution is 5.80. The molecule has 0 aliphatic carbocycles. The first kappa shape index (κ1) is 24.9. The molecule has 160 valence electrons. The van der Waals surface area contributed by atoms with E-state index in [4.69, 9.17) is 0 Å². The molecule has 0 N–H and O–H groups in total. The Morgan fingerprint density at radius 3 is 1.54 bits per heavy atom. The first-order valence-corrected chi connectivity index (χ1v) is 12.2. The zero-order valence-corrected chi connectivity index (χ0v) is 19.1. The molecule has 1 aromatic carbocycles.